The highest BCUT2D eigenvalue weighted by Crippen LogP contribution is 2.26. The molecule has 78 valence electrons. The standard InChI is InChI=1S/C10H15ClN2S/c1-6(2)8(4)14-9-5-7(3)12-10(11)13-9/h5-6,8H,1-4H3. The fourth-order valence-electron chi connectivity index (χ4n) is 0.892. The molecule has 0 aliphatic carbocycles. The summed E-state index contributed by atoms with van der Waals surface area (Å²) in [5.74, 6) is 0.633. The molecule has 1 rings (SSSR count). The van der Waals surface area contributed by atoms with Gasteiger partial charge in [-0.15, -0.1) is 11.8 Å². The summed E-state index contributed by atoms with van der Waals surface area (Å²) in [6, 6.07) is 1.97. The normalized spacial score (nSPS) is 13.3. The van der Waals surface area contributed by atoms with Gasteiger partial charge in [-0.05, 0) is 30.5 Å². The zero-order chi connectivity index (χ0) is 10.7. The number of aromatic nitrogens is 2. The Morgan fingerprint density at radius 2 is 1.93 bits per heavy atom. The monoisotopic (exact) mass is 230 g/mol. The summed E-state index contributed by atoms with van der Waals surface area (Å²) in [5.41, 5.74) is 0.920. The molecule has 0 aromatic carbocycles. The van der Waals surface area contributed by atoms with Crippen molar-refractivity contribution in [1.29, 1.82) is 0 Å². The van der Waals surface area contributed by atoms with E-state index in [1.807, 2.05) is 13.0 Å². The Balaban J connectivity index is 2.76. The first-order chi connectivity index (χ1) is 6.49. The maximum absolute atomic E-state index is 5.78. The van der Waals surface area contributed by atoms with Gasteiger partial charge in [0, 0.05) is 10.9 Å². The third kappa shape index (κ3) is 3.46. The highest BCUT2D eigenvalue weighted by atomic mass is 35.5. The summed E-state index contributed by atoms with van der Waals surface area (Å²) in [6.45, 7) is 8.53. The van der Waals surface area contributed by atoms with E-state index in [4.69, 9.17) is 11.6 Å². The van der Waals surface area contributed by atoms with Gasteiger partial charge in [-0.25, -0.2) is 9.97 Å². The molecule has 0 fully saturated rings. The van der Waals surface area contributed by atoms with Crippen LogP contribution in [0.5, 0.6) is 0 Å². The van der Waals surface area contributed by atoms with Crippen LogP contribution in [-0.2, 0) is 0 Å². The largest absolute Gasteiger partial charge is 0.223 e. The van der Waals surface area contributed by atoms with E-state index in [-0.39, 0.29) is 0 Å². The Morgan fingerprint density at radius 1 is 1.29 bits per heavy atom. The first-order valence-electron chi connectivity index (χ1n) is 4.67. The molecule has 0 spiro atoms. The summed E-state index contributed by atoms with van der Waals surface area (Å²) < 4.78 is 0. The molecule has 0 bridgehead atoms. The van der Waals surface area contributed by atoms with Gasteiger partial charge in [-0.1, -0.05) is 20.8 Å². The average molecular weight is 231 g/mol. The third-order valence-electron chi connectivity index (χ3n) is 2.05. The van der Waals surface area contributed by atoms with Crippen molar-refractivity contribution in [3.05, 3.63) is 17.0 Å². The minimum absolute atomic E-state index is 0.337. The van der Waals surface area contributed by atoms with Gasteiger partial charge < -0.3 is 0 Å². The highest BCUT2D eigenvalue weighted by molar-refractivity contribution is 7.99. The zero-order valence-corrected chi connectivity index (χ0v) is 10.5. The Hall–Kier alpha value is -0.280. The number of hydrogen-bond donors (Lipinski definition) is 0. The van der Waals surface area contributed by atoms with Gasteiger partial charge in [0.1, 0.15) is 5.03 Å². The first-order valence-corrected chi connectivity index (χ1v) is 5.92. The van der Waals surface area contributed by atoms with Gasteiger partial charge in [0.05, 0.1) is 0 Å². The van der Waals surface area contributed by atoms with E-state index in [0.29, 0.717) is 16.5 Å². The molecule has 1 atom stereocenters. The Morgan fingerprint density at radius 3 is 2.43 bits per heavy atom. The molecule has 4 heteroatoms. The first kappa shape index (κ1) is 11.8. The van der Waals surface area contributed by atoms with E-state index in [0.717, 1.165) is 10.7 Å². The number of thioether (sulfide) groups is 1. The van der Waals surface area contributed by atoms with E-state index in [1.54, 1.807) is 11.8 Å². The molecular formula is C10H15ClN2S. The topological polar surface area (TPSA) is 25.8 Å². The molecule has 1 heterocycles. The zero-order valence-electron chi connectivity index (χ0n) is 8.91. The fourth-order valence-corrected chi connectivity index (χ4v) is 2.20. The highest BCUT2D eigenvalue weighted by Gasteiger charge is 2.10. The Labute approximate surface area is 94.5 Å². The van der Waals surface area contributed by atoms with Crippen molar-refractivity contribution in [3.63, 3.8) is 0 Å². The molecule has 0 aliphatic heterocycles. The molecule has 0 aliphatic rings. The number of hydrogen-bond acceptors (Lipinski definition) is 3. The molecule has 0 saturated carbocycles. The number of aryl methyl sites for hydroxylation is 1. The van der Waals surface area contributed by atoms with Crippen LogP contribution in [-0.4, -0.2) is 15.2 Å². The van der Waals surface area contributed by atoms with E-state index in [9.17, 15) is 0 Å². The van der Waals surface area contributed by atoms with Crippen molar-refractivity contribution >= 4 is 23.4 Å². The van der Waals surface area contributed by atoms with Gasteiger partial charge in [-0.2, -0.15) is 0 Å². The molecule has 2 nitrogen and oxygen atoms in total. The minimum atomic E-state index is 0.337. The van der Waals surface area contributed by atoms with Crippen LogP contribution in [0.25, 0.3) is 0 Å². The third-order valence-corrected chi connectivity index (χ3v) is 3.58. The van der Waals surface area contributed by atoms with Crippen molar-refractivity contribution in [3.8, 4) is 0 Å². The smallest absolute Gasteiger partial charge is 0.223 e. The van der Waals surface area contributed by atoms with E-state index in [1.165, 1.54) is 0 Å². The van der Waals surface area contributed by atoms with E-state index in [2.05, 4.69) is 30.7 Å². The molecule has 14 heavy (non-hydrogen) atoms. The molecule has 0 saturated heterocycles. The van der Waals surface area contributed by atoms with Gasteiger partial charge in [0.2, 0.25) is 5.28 Å². The van der Waals surface area contributed by atoms with Crippen LogP contribution in [0.2, 0.25) is 5.28 Å². The number of nitrogens with zero attached hydrogens (tertiary/aromatic N) is 2. The van der Waals surface area contributed by atoms with Gasteiger partial charge in [0.15, 0.2) is 0 Å². The second-order valence-electron chi connectivity index (χ2n) is 3.68. The second kappa shape index (κ2) is 4.99. The SMILES string of the molecule is Cc1cc(SC(C)C(C)C)nc(Cl)n1. The minimum Gasteiger partial charge on any atom is -0.223 e. The van der Waals surface area contributed by atoms with Crippen LogP contribution in [0.4, 0.5) is 0 Å². The van der Waals surface area contributed by atoms with Crippen molar-refractivity contribution < 1.29 is 0 Å². The van der Waals surface area contributed by atoms with E-state index >= 15 is 0 Å². The lowest BCUT2D eigenvalue weighted by Gasteiger charge is -2.14. The molecule has 1 aromatic rings. The van der Waals surface area contributed by atoms with Crippen LogP contribution >= 0.6 is 23.4 Å². The predicted octanol–water partition coefficient (Wildman–Crippen LogP) is 3.58. The van der Waals surface area contributed by atoms with Crippen LogP contribution in [0.15, 0.2) is 11.1 Å². The number of rotatable bonds is 3. The lowest BCUT2D eigenvalue weighted by molar-refractivity contribution is 0.641. The summed E-state index contributed by atoms with van der Waals surface area (Å²) in [6.07, 6.45) is 0. The van der Waals surface area contributed by atoms with Crippen molar-refractivity contribution in [2.75, 3.05) is 0 Å². The Kier molecular flexibility index (Phi) is 4.20. The summed E-state index contributed by atoms with van der Waals surface area (Å²) >= 11 is 7.52. The van der Waals surface area contributed by atoms with Crippen LogP contribution in [0.1, 0.15) is 26.5 Å². The van der Waals surface area contributed by atoms with Crippen LogP contribution < -0.4 is 0 Å². The summed E-state index contributed by atoms with van der Waals surface area (Å²) in [5, 5.41) is 1.84. The molecule has 1 aromatic heterocycles. The molecule has 1 unspecified atom stereocenters. The molecule has 0 radical (unpaired) electrons. The summed E-state index contributed by atoms with van der Waals surface area (Å²) in [4.78, 5) is 8.20. The maximum atomic E-state index is 5.78. The predicted molar refractivity (Wildman–Crippen MR) is 61.9 cm³/mol. The quantitative estimate of drug-likeness (QED) is 0.451. The van der Waals surface area contributed by atoms with Crippen molar-refractivity contribution in [1.82, 2.24) is 9.97 Å². The average Bonchev–Trinajstić information content (AvgIpc) is 2.01. The molecule has 0 amide bonds. The van der Waals surface area contributed by atoms with Crippen molar-refractivity contribution in [2.24, 2.45) is 5.92 Å². The van der Waals surface area contributed by atoms with E-state index < -0.39 is 0 Å². The van der Waals surface area contributed by atoms with Gasteiger partial charge in [0.25, 0.3) is 0 Å². The number of halogens is 1. The molecule has 0 N–H and O–H groups in total. The Bertz CT molecular complexity index is 295. The second-order valence-corrected chi connectivity index (χ2v) is 5.42. The van der Waals surface area contributed by atoms with Gasteiger partial charge in [-0.3, -0.25) is 0 Å². The molecular weight excluding hydrogens is 216 g/mol. The van der Waals surface area contributed by atoms with Crippen molar-refractivity contribution in [2.45, 2.75) is 38.0 Å². The lowest BCUT2D eigenvalue weighted by Crippen LogP contribution is -2.06. The summed E-state index contributed by atoms with van der Waals surface area (Å²) in [7, 11) is 0. The van der Waals surface area contributed by atoms with Gasteiger partial charge >= 0.3 is 0 Å². The van der Waals surface area contributed by atoms with Crippen LogP contribution in [0, 0.1) is 12.8 Å². The fraction of sp³-hybridized carbons (Fsp3) is 0.600. The lowest BCUT2D eigenvalue weighted by atomic mass is 10.2. The maximum Gasteiger partial charge on any atom is 0.223 e. The van der Waals surface area contributed by atoms with Crippen LogP contribution in [0.3, 0.4) is 0 Å².